The van der Waals surface area contributed by atoms with E-state index in [0.717, 1.165) is 5.56 Å². The van der Waals surface area contributed by atoms with E-state index in [2.05, 4.69) is 9.93 Å². The summed E-state index contributed by atoms with van der Waals surface area (Å²) in [6, 6.07) is 14.8. The zero-order valence-corrected chi connectivity index (χ0v) is 17.3. The van der Waals surface area contributed by atoms with E-state index in [4.69, 9.17) is 9.47 Å². The lowest BCUT2D eigenvalue weighted by Crippen LogP contribution is -2.19. The predicted octanol–water partition coefficient (Wildman–Crippen LogP) is 3.60. The number of hydrogen-bond donors (Lipinski definition) is 1. The predicted molar refractivity (Wildman–Crippen MR) is 111 cm³/mol. The highest BCUT2D eigenvalue weighted by Gasteiger charge is 2.18. The summed E-state index contributed by atoms with van der Waals surface area (Å²) < 4.78 is 35.3. The van der Waals surface area contributed by atoms with E-state index in [0.29, 0.717) is 16.2 Å². The Morgan fingerprint density at radius 2 is 1.90 bits per heavy atom. The molecule has 1 heterocycles. The number of hydrazone groups is 1. The minimum absolute atomic E-state index is 0.00740. The molecule has 0 atom stereocenters. The molecule has 0 bridgehead atoms. The summed E-state index contributed by atoms with van der Waals surface area (Å²) in [5.74, 6) is 0.183. The summed E-state index contributed by atoms with van der Waals surface area (Å²) in [6.45, 7) is 1.79. The van der Waals surface area contributed by atoms with Gasteiger partial charge in [-0.25, -0.2) is 4.79 Å². The zero-order chi connectivity index (χ0) is 20.9. The number of nitrogens with zero attached hydrogens (tertiary/aromatic N) is 1. The number of methoxy groups -OCH3 is 1. The van der Waals surface area contributed by atoms with Crippen LogP contribution in [0.25, 0.3) is 0 Å². The van der Waals surface area contributed by atoms with Gasteiger partial charge in [-0.1, -0.05) is 12.1 Å². The van der Waals surface area contributed by atoms with Crippen LogP contribution < -0.4 is 14.3 Å². The molecule has 0 amide bonds. The van der Waals surface area contributed by atoms with Crippen LogP contribution in [0, 0.1) is 6.92 Å². The number of rotatable bonds is 7. The topological polar surface area (TPSA) is 94.1 Å². The summed E-state index contributed by atoms with van der Waals surface area (Å²) in [4.78, 5) is 14.6. The van der Waals surface area contributed by atoms with Gasteiger partial charge < -0.3 is 9.47 Å². The molecule has 0 radical (unpaired) electrons. The fraction of sp³-hybridized carbons (Fsp3) is 0.100. The molecule has 0 aliphatic rings. The number of aryl methyl sites for hydroxylation is 1. The fourth-order valence-corrected chi connectivity index (χ4v) is 4.03. The van der Waals surface area contributed by atoms with E-state index in [1.54, 1.807) is 60.8 Å². The van der Waals surface area contributed by atoms with Crippen LogP contribution in [0.2, 0.25) is 0 Å². The summed E-state index contributed by atoms with van der Waals surface area (Å²) in [5, 5.41) is 5.60. The van der Waals surface area contributed by atoms with Crippen molar-refractivity contribution in [1.82, 2.24) is 4.83 Å². The summed E-state index contributed by atoms with van der Waals surface area (Å²) >= 11 is 1.30. The number of ether oxygens (including phenoxy) is 2. The summed E-state index contributed by atoms with van der Waals surface area (Å²) in [7, 11) is -2.48. The van der Waals surface area contributed by atoms with Crippen molar-refractivity contribution < 1.29 is 22.7 Å². The lowest BCUT2D eigenvalue weighted by Gasteiger charge is -2.09. The van der Waals surface area contributed by atoms with Gasteiger partial charge in [-0.05, 0) is 65.9 Å². The molecule has 1 aromatic heterocycles. The van der Waals surface area contributed by atoms with Gasteiger partial charge in [0.1, 0.15) is 21.3 Å². The molecular formula is C20H18N2O5S2. The third-order valence-electron chi connectivity index (χ3n) is 3.81. The maximum atomic E-state index is 12.5. The Kier molecular flexibility index (Phi) is 6.30. The number of hydrogen-bond acceptors (Lipinski definition) is 7. The summed E-state index contributed by atoms with van der Waals surface area (Å²) in [6.07, 6.45) is 1.35. The number of thiophene rings is 1. The van der Waals surface area contributed by atoms with Crippen LogP contribution in [0.1, 0.15) is 20.8 Å². The number of esters is 1. The standard InChI is InChI=1S/C20H18N2O5S2/c1-14-5-10-17(26-2)19(12-14)29(24,25)22-21-13-15-6-8-16(9-7-15)27-20(23)18-4-3-11-28-18/h3-13,22H,1-2H3/b21-13+. The van der Waals surface area contributed by atoms with E-state index in [9.17, 15) is 13.2 Å². The highest BCUT2D eigenvalue weighted by Crippen LogP contribution is 2.24. The Hall–Kier alpha value is -3.17. The molecule has 7 nitrogen and oxygen atoms in total. The third-order valence-corrected chi connectivity index (χ3v) is 5.90. The molecule has 0 saturated carbocycles. The van der Waals surface area contributed by atoms with Crippen molar-refractivity contribution in [2.75, 3.05) is 7.11 Å². The molecule has 0 saturated heterocycles. The Morgan fingerprint density at radius 3 is 2.55 bits per heavy atom. The quantitative estimate of drug-likeness (QED) is 0.268. The molecule has 150 valence electrons. The number of sulfonamides is 1. The van der Waals surface area contributed by atoms with E-state index in [1.807, 2.05) is 0 Å². The zero-order valence-electron chi connectivity index (χ0n) is 15.7. The van der Waals surface area contributed by atoms with Crippen molar-refractivity contribution in [2.45, 2.75) is 11.8 Å². The lowest BCUT2D eigenvalue weighted by atomic mass is 10.2. The van der Waals surface area contributed by atoms with Gasteiger partial charge in [-0.3, -0.25) is 0 Å². The average molecular weight is 431 g/mol. The maximum Gasteiger partial charge on any atom is 0.353 e. The Balaban J connectivity index is 1.66. The van der Waals surface area contributed by atoms with Gasteiger partial charge in [0.05, 0.1) is 13.3 Å². The van der Waals surface area contributed by atoms with Gasteiger partial charge in [0.25, 0.3) is 10.0 Å². The lowest BCUT2D eigenvalue weighted by molar-refractivity contribution is 0.0740. The first kappa shape index (κ1) is 20.6. The monoisotopic (exact) mass is 430 g/mol. The molecule has 1 N–H and O–H groups in total. The average Bonchev–Trinajstić information content (AvgIpc) is 3.24. The van der Waals surface area contributed by atoms with Crippen LogP contribution in [-0.4, -0.2) is 27.7 Å². The van der Waals surface area contributed by atoms with Crippen LogP contribution in [-0.2, 0) is 10.0 Å². The molecule has 0 aliphatic carbocycles. The van der Waals surface area contributed by atoms with E-state index in [-0.39, 0.29) is 10.6 Å². The van der Waals surface area contributed by atoms with Gasteiger partial charge in [0, 0.05) is 0 Å². The van der Waals surface area contributed by atoms with Crippen molar-refractivity contribution in [3.05, 3.63) is 76.0 Å². The Bertz CT molecular complexity index is 1120. The number of nitrogens with one attached hydrogen (secondary N) is 1. The van der Waals surface area contributed by atoms with Crippen molar-refractivity contribution in [1.29, 1.82) is 0 Å². The number of carbonyl (C=O) groups excluding carboxylic acids is 1. The molecule has 2 aromatic carbocycles. The van der Waals surface area contributed by atoms with Crippen LogP contribution in [0.4, 0.5) is 0 Å². The Labute approximate surface area is 172 Å². The van der Waals surface area contributed by atoms with Gasteiger partial charge >= 0.3 is 5.97 Å². The normalized spacial score (nSPS) is 11.4. The minimum atomic E-state index is -3.89. The first-order chi connectivity index (χ1) is 13.9. The van der Waals surface area contributed by atoms with E-state index < -0.39 is 16.0 Å². The number of carbonyl (C=O) groups is 1. The van der Waals surface area contributed by atoms with Gasteiger partial charge in [0.15, 0.2) is 0 Å². The molecule has 0 fully saturated rings. The molecule has 3 aromatic rings. The second kappa shape index (κ2) is 8.89. The first-order valence-electron chi connectivity index (χ1n) is 8.44. The van der Waals surface area contributed by atoms with E-state index >= 15 is 0 Å². The van der Waals surface area contributed by atoms with Crippen molar-refractivity contribution in [2.24, 2.45) is 5.10 Å². The molecule has 29 heavy (non-hydrogen) atoms. The smallest absolute Gasteiger partial charge is 0.353 e. The van der Waals surface area contributed by atoms with Gasteiger partial charge in [0.2, 0.25) is 0 Å². The molecule has 3 rings (SSSR count). The highest BCUT2D eigenvalue weighted by molar-refractivity contribution is 7.89. The van der Waals surface area contributed by atoms with Crippen LogP contribution in [0.5, 0.6) is 11.5 Å². The van der Waals surface area contributed by atoms with Crippen molar-refractivity contribution in [3.8, 4) is 11.5 Å². The Morgan fingerprint density at radius 1 is 1.14 bits per heavy atom. The SMILES string of the molecule is COc1ccc(C)cc1S(=O)(=O)N/N=C/c1ccc(OC(=O)c2cccs2)cc1. The molecule has 0 aliphatic heterocycles. The third kappa shape index (κ3) is 5.21. The van der Waals surface area contributed by atoms with Gasteiger partial charge in [-0.15, -0.1) is 11.3 Å². The van der Waals surface area contributed by atoms with Crippen LogP contribution in [0.15, 0.2) is 70.0 Å². The fourth-order valence-electron chi connectivity index (χ4n) is 2.39. The molecular weight excluding hydrogens is 412 g/mol. The molecule has 9 heteroatoms. The van der Waals surface area contributed by atoms with Crippen molar-refractivity contribution >= 4 is 33.5 Å². The second-order valence-electron chi connectivity index (χ2n) is 5.94. The van der Waals surface area contributed by atoms with Crippen LogP contribution in [0.3, 0.4) is 0 Å². The first-order valence-corrected chi connectivity index (χ1v) is 10.8. The van der Waals surface area contributed by atoms with E-state index in [1.165, 1.54) is 30.7 Å². The largest absolute Gasteiger partial charge is 0.495 e. The minimum Gasteiger partial charge on any atom is -0.495 e. The molecule has 0 unspecified atom stereocenters. The second-order valence-corrected chi connectivity index (χ2v) is 8.52. The van der Waals surface area contributed by atoms with Crippen LogP contribution >= 0.6 is 11.3 Å². The van der Waals surface area contributed by atoms with Crippen molar-refractivity contribution in [3.63, 3.8) is 0 Å². The highest BCUT2D eigenvalue weighted by atomic mass is 32.2. The number of benzene rings is 2. The van der Waals surface area contributed by atoms with Gasteiger partial charge in [-0.2, -0.15) is 18.4 Å². The molecule has 0 spiro atoms. The maximum absolute atomic E-state index is 12.5. The summed E-state index contributed by atoms with van der Waals surface area (Å²) in [5.41, 5.74) is 1.41.